The van der Waals surface area contributed by atoms with E-state index in [9.17, 15) is 18.0 Å². The minimum Gasteiger partial charge on any atom is -0.481 e. The topological polar surface area (TPSA) is 116 Å². The van der Waals surface area contributed by atoms with Gasteiger partial charge >= 0.3 is 5.97 Å². The zero-order valence-corrected chi connectivity index (χ0v) is 16.6. The normalized spacial score (nSPS) is 16.4. The van der Waals surface area contributed by atoms with Gasteiger partial charge in [-0.25, -0.2) is 13.4 Å². The maximum Gasteiger partial charge on any atom is 0.303 e. The summed E-state index contributed by atoms with van der Waals surface area (Å²) in [4.78, 5) is 23.4. The van der Waals surface area contributed by atoms with Gasteiger partial charge in [-0.1, -0.05) is 42.5 Å². The average molecular weight is 415 g/mol. The summed E-state index contributed by atoms with van der Waals surface area (Å²) in [6.07, 6.45) is 1.16. The summed E-state index contributed by atoms with van der Waals surface area (Å²) in [5, 5.41) is 14.7. The summed E-state index contributed by atoms with van der Waals surface area (Å²) in [6.45, 7) is 0. The molecule has 1 atom stereocenters. The number of aliphatic carboxylic acids is 1. The smallest absolute Gasteiger partial charge is 0.303 e. The molecule has 2 N–H and O–H groups in total. The predicted octanol–water partition coefficient (Wildman–Crippen LogP) is 2.60. The number of sulfonamides is 1. The summed E-state index contributed by atoms with van der Waals surface area (Å²) in [7, 11) is -3.37. The SMILES string of the molecule is CS(=O)(=O)Nc1ccc(C2=NN(C(=O)CCC(=O)O)C(c3ccccc3)C2)cc1. The Kier molecular flexibility index (Phi) is 5.97. The molecule has 0 spiro atoms. The first-order valence-corrected chi connectivity index (χ1v) is 10.9. The van der Waals surface area contributed by atoms with E-state index in [0.717, 1.165) is 17.4 Å². The molecule has 29 heavy (non-hydrogen) atoms. The van der Waals surface area contributed by atoms with E-state index in [-0.39, 0.29) is 24.8 Å². The van der Waals surface area contributed by atoms with Crippen LogP contribution in [0.15, 0.2) is 59.7 Å². The Hall–Kier alpha value is -3.20. The second kappa shape index (κ2) is 8.44. The second-order valence-electron chi connectivity index (χ2n) is 6.76. The Balaban J connectivity index is 1.86. The van der Waals surface area contributed by atoms with Gasteiger partial charge in [0.05, 0.1) is 24.4 Å². The Labute approximate surface area is 168 Å². The maximum atomic E-state index is 12.6. The summed E-state index contributed by atoms with van der Waals surface area (Å²) in [5.41, 5.74) is 2.78. The summed E-state index contributed by atoms with van der Waals surface area (Å²) >= 11 is 0. The first-order valence-electron chi connectivity index (χ1n) is 8.97. The van der Waals surface area contributed by atoms with E-state index in [2.05, 4.69) is 9.82 Å². The predicted molar refractivity (Wildman–Crippen MR) is 109 cm³/mol. The van der Waals surface area contributed by atoms with Crippen LogP contribution in [0.1, 0.15) is 36.4 Å². The molecule has 0 saturated carbocycles. The molecule has 2 aromatic carbocycles. The highest BCUT2D eigenvalue weighted by Crippen LogP contribution is 2.33. The number of hydrogen-bond acceptors (Lipinski definition) is 5. The highest BCUT2D eigenvalue weighted by atomic mass is 32.2. The van der Waals surface area contributed by atoms with Gasteiger partial charge in [0.2, 0.25) is 15.9 Å². The fourth-order valence-corrected chi connectivity index (χ4v) is 3.69. The molecule has 3 rings (SSSR count). The first-order chi connectivity index (χ1) is 13.7. The van der Waals surface area contributed by atoms with Crippen molar-refractivity contribution >= 4 is 33.3 Å². The van der Waals surface area contributed by atoms with Crippen molar-refractivity contribution in [2.24, 2.45) is 5.10 Å². The van der Waals surface area contributed by atoms with E-state index < -0.39 is 16.0 Å². The number of amides is 1. The second-order valence-corrected chi connectivity index (χ2v) is 8.51. The first kappa shape index (κ1) is 20.5. The van der Waals surface area contributed by atoms with E-state index >= 15 is 0 Å². The lowest BCUT2D eigenvalue weighted by Crippen LogP contribution is -2.27. The quantitative estimate of drug-likeness (QED) is 0.721. The van der Waals surface area contributed by atoms with E-state index in [1.807, 2.05) is 30.3 Å². The number of hydrogen-bond donors (Lipinski definition) is 2. The van der Waals surface area contributed by atoms with Gasteiger partial charge in [-0.2, -0.15) is 5.10 Å². The lowest BCUT2D eigenvalue weighted by Gasteiger charge is -2.21. The number of carboxylic acids is 1. The number of anilines is 1. The van der Waals surface area contributed by atoms with Gasteiger partial charge in [0, 0.05) is 18.5 Å². The molecule has 0 bridgehead atoms. The molecule has 0 aromatic heterocycles. The van der Waals surface area contributed by atoms with Crippen LogP contribution in [0.3, 0.4) is 0 Å². The molecule has 152 valence electrons. The zero-order valence-electron chi connectivity index (χ0n) is 15.8. The maximum absolute atomic E-state index is 12.6. The fraction of sp³-hybridized carbons (Fsp3) is 0.250. The van der Waals surface area contributed by atoms with Crippen LogP contribution < -0.4 is 4.72 Å². The van der Waals surface area contributed by atoms with Crippen LogP contribution >= 0.6 is 0 Å². The van der Waals surface area contributed by atoms with Gasteiger partial charge in [0.25, 0.3) is 0 Å². The average Bonchev–Trinajstić information content (AvgIpc) is 3.11. The van der Waals surface area contributed by atoms with Gasteiger partial charge in [-0.15, -0.1) is 0 Å². The van der Waals surface area contributed by atoms with E-state index in [4.69, 9.17) is 5.11 Å². The van der Waals surface area contributed by atoms with Crippen LogP contribution in [0.2, 0.25) is 0 Å². The van der Waals surface area contributed by atoms with Crippen LogP contribution in [-0.4, -0.2) is 42.4 Å². The van der Waals surface area contributed by atoms with Crippen LogP contribution in [0.4, 0.5) is 5.69 Å². The molecular formula is C20H21N3O5S. The van der Waals surface area contributed by atoms with Crippen molar-refractivity contribution in [3.05, 3.63) is 65.7 Å². The lowest BCUT2D eigenvalue weighted by atomic mass is 9.98. The van der Waals surface area contributed by atoms with E-state index in [1.165, 1.54) is 5.01 Å². The van der Waals surface area contributed by atoms with Crippen LogP contribution in [-0.2, 0) is 19.6 Å². The molecule has 0 fully saturated rings. The Morgan fingerprint density at radius 1 is 1.10 bits per heavy atom. The summed E-state index contributed by atoms with van der Waals surface area (Å²) < 4.78 is 25.1. The molecular weight excluding hydrogens is 394 g/mol. The van der Waals surface area contributed by atoms with E-state index in [1.54, 1.807) is 24.3 Å². The third-order valence-electron chi connectivity index (χ3n) is 4.42. The molecule has 0 radical (unpaired) electrons. The van der Waals surface area contributed by atoms with Crippen molar-refractivity contribution in [1.29, 1.82) is 0 Å². The minimum absolute atomic E-state index is 0.132. The standard InChI is InChI=1S/C20H21N3O5S/c1-29(27,28)22-16-9-7-14(8-10-16)17-13-18(15-5-3-2-4-6-15)23(21-17)19(24)11-12-20(25)26/h2-10,18,22H,11-13H2,1H3,(H,25,26). The molecule has 8 nitrogen and oxygen atoms in total. The number of carbonyl (C=O) groups excluding carboxylic acids is 1. The van der Waals surface area contributed by atoms with Gasteiger partial charge in [-0.3, -0.25) is 14.3 Å². The fourth-order valence-electron chi connectivity index (χ4n) is 3.12. The monoisotopic (exact) mass is 415 g/mol. The number of nitrogens with zero attached hydrogens (tertiary/aromatic N) is 2. The number of benzene rings is 2. The largest absolute Gasteiger partial charge is 0.481 e. The minimum atomic E-state index is -3.37. The number of carboxylic acid groups (broad SMARTS) is 1. The Morgan fingerprint density at radius 3 is 2.34 bits per heavy atom. The van der Waals surface area contributed by atoms with Gasteiger partial charge < -0.3 is 5.11 Å². The molecule has 1 unspecified atom stereocenters. The number of hydrazone groups is 1. The van der Waals surface area contributed by atoms with Crippen LogP contribution in [0, 0.1) is 0 Å². The van der Waals surface area contributed by atoms with Crippen molar-refractivity contribution in [2.45, 2.75) is 25.3 Å². The lowest BCUT2D eigenvalue weighted by molar-refractivity contribution is -0.141. The Bertz CT molecular complexity index is 1030. The number of carbonyl (C=O) groups is 2. The molecule has 1 amide bonds. The summed E-state index contributed by atoms with van der Waals surface area (Å²) in [6, 6.07) is 15.8. The van der Waals surface area contributed by atoms with E-state index in [0.29, 0.717) is 17.8 Å². The van der Waals surface area contributed by atoms with Gasteiger partial charge in [0.1, 0.15) is 0 Å². The van der Waals surface area contributed by atoms with Crippen molar-refractivity contribution in [2.75, 3.05) is 11.0 Å². The molecule has 1 heterocycles. The van der Waals surface area contributed by atoms with Crippen molar-refractivity contribution in [3.8, 4) is 0 Å². The Morgan fingerprint density at radius 2 is 1.76 bits per heavy atom. The highest BCUT2D eigenvalue weighted by molar-refractivity contribution is 7.92. The van der Waals surface area contributed by atoms with Gasteiger partial charge in [0.15, 0.2) is 0 Å². The highest BCUT2D eigenvalue weighted by Gasteiger charge is 2.32. The van der Waals surface area contributed by atoms with Crippen molar-refractivity contribution < 1.29 is 23.1 Å². The number of rotatable bonds is 7. The molecule has 1 aliphatic rings. The zero-order chi connectivity index (χ0) is 21.0. The van der Waals surface area contributed by atoms with Crippen LogP contribution in [0.5, 0.6) is 0 Å². The van der Waals surface area contributed by atoms with Crippen LogP contribution in [0.25, 0.3) is 0 Å². The molecule has 0 saturated heterocycles. The van der Waals surface area contributed by atoms with Crippen molar-refractivity contribution in [1.82, 2.24) is 5.01 Å². The summed E-state index contributed by atoms with van der Waals surface area (Å²) in [5.74, 6) is -1.39. The molecule has 1 aliphatic heterocycles. The third kappa shape index (κ3) is 5.41. The molecule has 0 aliphatic carbocycles. The van der Waals surface area contributed by atoms with Gasteiger partial charge in [-0.05, 0) is 23.3 Å². The number of nitrogens with one attached hydrogen (secondary N) is 1. The molecule has 9 heteroatoms. The van der Waals surface area contributed by atoms with Crippen molar-refractivity contribution in [3.63, 3.8) is 0 Å². The molecule has 2 aromatic rings. The third-order valence-corrected chi connectivity index (χ3v) is 5.03.